The fourth-order valence-electron chi connectivity index (χ4n) is 4.80. The maximum atomic E-state index is 12.8. The van der Waals surface area contributed by atoms with E-state index in [2.05, 4.69) is 4.90 Å². The molecule has 2 fully saturated rings. The molecule has 9 nitrogen and oxygen atoms in total. The van der Waals surface area contributed by atoms with Gasteiger partial charge in [-0.05, 0) is 32.7 Å². The summed E-state index contributed by atoms with van der Waals surface area (Å²) in [6, 6.07) is 1.71. The van der Waals surface area contributed by atoms with Gasteiger partial charge < -0.3 is 14.5 Å². The number of amides is 2. The number of hydrogen-bond acceptors (Lipinski definition) is 6. The number of aromatic nitrogens is 2. The summed E-state index contributed by atoms with van der Waals surface area (Å²) in [5, 5.41) is 0. The number of ether oxygens (including phenoxy) is 1. The number of likely N-dealkylation sites (tertiary alicyclic amines) is 1. The molecule has 3 aliphatic rings. The third-order valence-corrected chi connectivity index (χ3v) is 6.60. The molecule has 170 valence electrons. The maximum Gasteiger partial charge on any atom is 0.409 e. The lowest BCUT2D eigenvalue weighted by Crippen LogP contribution is -2.52. The van der Waals surface area contributed by atoms with Gasteiger partial charge in [0.2, 0.25) is 5.91 Å². The van der Waals surface area contributed by atoms with Crippen molar-refractivity contribution in [3.05, 3.63) is 27.9 Å². The lowest BCUT2D eigenvalue weighted by Gasteiger charge is -2.34. The van der Waals surface area contributed by atoms with Gasteiger partial charge in [-0.15, -0.1) is 0 Å². The van der Waals surface area contributed by atoms with Gasteiger partial charge in [-0.3, -0.25) is 19.1 Å². The topological polar surface area (TPSA) is 88.0 Å². The summed E-state index contributed by atoms with van der Waals surface area (Å²) >= 11 is 0. The van der Waals surface area contributed by atoms with Crippen LogP contribution in [0.25, 0.3) is 0 Å². The van der Waals surface area contributed by atoms with Crippen LogP contribution in [0.2, 0.25) is 0 Å². The molecular weight excluding hydrogens is 398 g/mol. The van der Waals surface area contributed by atoms with E-state index in [-0.39, 0.29) is 23.5 Å². The van der Waals surface area contributed by atoms with Crippen molar-refractivity contribution < 1.29 is 14.3 Å². The van der Waals surface area contributed by atoms with Crippen molar-refractivity contribution in [1.82, 2.24) is 24.3 Å². The van der Waals surface area contributed by atoms with Gasteiger partial charge in [-0.2, -0.15) is 0 Å². The van der Waals surface area contributed by atoms with Crippen LogP contribution in [-0.2, 0) is 22.5 Å². The first-order chi connectivity index (χ1) is 15.0. The largest absolute Gasteiger partial charge is 0.450 e. The molecule has 9 heteroatoms. The Bertz CT molecular complexity index is 862. The number of hydrogen-bond donors (Lipinski definition) is 0. The van der Waals surface area contributed by atoms with E-state index in [9.17, 15) is 14.4 Å². The Kier molecular flexibility index (Phi) is 6.89. The van der Waals surface area contributed by atoms with Crippen molar-refractivity contribution in [2.24, 2.45) is 0 Å². The molecule has 1 aromatic heterocycles. The quantitative estimate of drug-likeness (QED) is 0.708. The second-order valence-electron chi connectivity index (χ2n) is 8.69. The molecule has 2 amide bonds. The van der Waals surface area contributed by atoms with Gasteiger partial charge in [-0.25, -0.2) is 9.78 Å². The fourth-order valence-corrected chi connectivity index (χ4v) is 4.80. The van der Waals surface area contributed by atoms with E-state index in [0.717, 1.165) is 63.3 Å². The van der Waals surface area contributed by atoms with Crippen LogP contribution in [-0.4, -0.2) is 88.7 Å². The average molecular weight is 432 g/mol. The van der Waals surface area contributed by atoms with Crippen molar-refractivity contribution >= 4 is 12.0 Å². The molecule has 0 spiro atoms. The molecule has 0 N–H and O–H groups in total. The number of carbonyl (C=O) groups is 2. The number of fused-ring (bicyclic) bond motifs is 1. The lowest BCUT2D eigenvalue weighted by atomic mass is 10.0. The molecule has 1 atom stereocenters. The zero-order valence-corrected chi connectivity index (χ0v) is 18.4. The van der Waals surface area contributed by atoms with Crippen LogP contribution in [0.4, 0.5) is 4.79 Å². The summed E-state index contributed by atoms with van der Waals surface area (Å²) in [5.74, 6) is 1.23. The highest BCUT2D eigenvalue weighted by atomic mass is 16.6. The number of rotatable bonds is 4. The Balaban J connectivity index is 1.30. The molecule has 0 radical (unpaired) electrons. The van der Waals surface area contributed by atoms with E-state index in [1.807, 2.05) is 9.47 Å². The first-order valence-electron chi connectivity index (χ1n) is 11.6. The van der Waals surface area contributed by atoms with E-state index >= 15 is 0 Å². The minimum atomic E-state index is -0.304. The standard InChI is InChI=1S/C22H33N5O4/c1-2-31-22(30)26-12-10-25(11-13-26)21(29)16-24-9-7-17(15-24)18-14-20(28)27-8-5-3-4-6-19(27)23-18/h14,17H,2-13,15-16H2,1H3. The molecule has 0 saturated carbocycles. The van der Waals surface area contributed by atoms with Crippen LogP contribution < -0.4 is 5.56 Å². The molecule has 3 aliphatic heterocycles. The highest BCUT2D eigenvalue weighted by molar-refractivity contribution is 5.78. The molecule has 0 bridgehead atoms. The number of carbonyl (C=O) groups excluding carboxylic acids is 2. The Morgan fingerprint density at radius 3 is 2.61 bits per heavy atom. The van der Waals surface area contributed by atoms with Crippen LogP contribution in [0.5, 0.6) is 0 Å². The van der Waals surface area contributed by atoms with Crippen molar-refractivity contribution in [2.75, 3.05) is 52.4 Å². The van der Waals surface area contributed by atoms with E-state index in [4.69, 9.17) is 9.72 Å². The van der Waals surface area contributed by atoms with Gasteiger partial charge in [-0.1, -0.05) is 6.42 Å². The van der Waals surface area contributed by atoms with Crippen molar-refractivity contribution in [1.29, 1.82) is 0 Å². The van der Waals surface area contributed by atoms with Gasteiger partial charge in [0, 0.05) is 57.7 Å². The molecular formula is C22H33N5O4. The lowest BCUT2D eigenvalue weighted by molar-refractivity contribution is -0.133. The van der Waals surface area contributed by atoms with Gasteiger partial charge >= 0.3 is 6.09 Å². The van der Waals surface area contributed by atoms with E-state index in [0.29, 0.717) is 39.3 Å². The van der Waals surface area contributed by atoms with E-state index < -0.39 is 0 Å². The monoisotopic (exact) mass is 431 g/mol. The Hall–Kier alpha value is -2.42. The SMILES string of the molecule is CCOC(=O)N1CCN(C(=O)CN2CCC(c3cc(=O)n4c(n3)CCCCC4)C2)CC1. The summed E-state index contributed by atoms with van der Waals surface area (Å²) in [6.07, 6.45) is 4.76. The summed E-state index contributed by atoms with van der Waals surface area (Å²) in [7, 11) is 0. The molecule has 1 unspecified atom stereocenters. The normalized spacial score (nSPS) is 22.2. The molecule has 0 aromatic carbocycles. The third kappa shape index (κ3) is 5.08. The first-order valence-corrected chi connectivity index (χ1v) is 11.6. The predicted octanol–water partition coefficient (Wildman–Crippen LogP) is 1.06. The zero-order chi connectivity index (χ0) is 21.8. The molecule has 0 aliphatic carbocycles. The Morgan fingerprint density at radius 2 is 1.84 bits per heavy atom. The summed E-state index contributed by atoms with van der Waals surface area (Å²) in [6.45, 7) is 6.99. The second-order valence-corrected chi connectivity index (χ2v) is 8.69. The van der Waals surface area contributed by atoms with Crippen LogP contribution in [0.15, 0.2) is 10.9 Å². The summed E-state index contributed by atoms with van der Waals surface area (Å²) < 4.78 is 6.87. The molecule has 4 heterocycles. The minimum absolute atomic E-state index is 0.0656. The number of piperazine rings is 1. The molecule has 1 aromatic rings. The van der Waals surface area contributed by atoms with Crippen LogP contribution >= 0.6 is 0 Å². The summed E-state index contributed by atoms with van der Waals surface area (Å²) in [5.41, 5.74) is 0.951. The van der Waals surface area contributed by atoms with Gasteiger partial charge in [0.05, 0.1) is 18.8 Å². The molecule has 4 rings (SSSR count). The van der Waals surface area contributed by atoms with E-state index in [1.165, 1.54) is 0 Å². The Labute approximate surface area is 183 Å². The van der Waals surface area contributed by atoms with Crippen molar-refractivity contribution in [3.63, 3.8) is 0 Å². The van der Waals surface area contributed by atoms with Crippen molar-refractivity contribution in [3.8, 4) is 0 Å². The fraction of sp³-hybridized carbons (Fsp3) is 0.727. The highest BCUT2D eigenvalue weighted by Crippen LogP contribution is 2.26. The second kappa shape index (κ2) is 9.80. The van der Waals surface area contributed by atoms with Crippen LogP contribution in [0.3, 0.4) is 0 Å². The first kappa shape index (κ1) is 21.8. The van der Waals surface area contributed by atoms with Gasteiger partial charge in [0.15, 0.2) is 0 Å². The number of nitrogens with zero attached hydrogens (tertiary/aromatic N) is 5. The van der Waals surface area contributed by atoms with E-state index in [1.54, 1.807) is 17.9 Å². The average Bonchev–Trinajstić information content (AvgIpc) is 3.09. The maximum absolute atomic E-state index is 12.8. The molecule has 31 heavy (non-hydrogen) atoms. The van der Waals surface area contributed by atoms with Crippen LogP contribution in [0.1, 0.15) is 50.0 Å². The predicted molar refractivity (Wildman–Crippen MR) is 115 cm³/mol. The smallest absolute Gasteiger partial charge is 0.409 e. The van der Waals surface area contributed by atoms with Gasteiger partial charge in [0.25, 0.3) is 5.56 Å². The zero-order valence-electron chi connectivity index (χ0n) is 18.4. The Morgan fingerprint density at radius 1 is 1.06 bits per heavy atom. The minimum Gasteiger partial charge on any atom is -0.450 e. The van der Waals surface area contributed by atoms with Crippen LogP contribution in [0, 0.1) is 0 Å². The number of aryl methyl sites for hydroxylation is 1. The van der Waals surface area contributed by atoms with Crippen molar-refractivity contribution in [2.45, 2.75) is 51.5 Å². The summed E-state index contributed by atoms with van der Waals surface area (Å²) in [4.78, 5) is 47.7. The highest BCUT2D eigenvalue weighted by Gasteiger charge is 2.30. The van der Waals surface area contributed by atoms with Gasteiger partial charge in [0.1, 0.15) is 5.82 Å². The third-order valence-electron chi connectivity index (χ3n) is 6.60. The molecule has 2 saturated heterocycles.